The Morgan fingerprint density at radius 2 is 2.11 bits per heavy atom. The van der Waals surface area contributed by atoms with Crippen molar-refractivity contribution in [3.05, 3.63) is 53.8 Å². The van der Waals surface area contributed by atoms with Crippen LogP contribution in [0.3, 0.4) is 0 Å². The second-order valence-electron chi connectivity index (χ2n) is 5.77. The van der Waals surface area contributed by atoms with Gasteiger partial charge < -0.3 is 5.32 Å². The predicted octanol–water partition coefficient (Wildman–Crippen LogP) is 4.26. The quantitative estimate of drug-likeness (QED) is 0.490. The van der Waals surface area contributed by atoms with Gasteiger partial charge in [-0.1, -0.05) is 41.3 Å². The first kappa shape index (κ1) is 17.6. The van der Waals surface area contributed by atoms with Gasteiger partial charge in [-0.3, -0.25) is 9.89 Å². The van der Waals surface area contributed by atoms with Crippen LogP contribution in [0.2, 0.25) is 0 Å². The number of hydrogen-bond acceptors (Lipinski definition) is 6. The van der Waals surface area contributed by atoms with Gasteiger partial charge in [-0.15, -0.1) is 5.10 Å². The summed E-state index contributed by atoms with van der Waals surface area (Å²) in [6.45, 7) is 2.01. The summed E-state index contributed by atoms with van der Waals surface area (Å²) in [5.41, 5.74) is 2.35. The number of benzene rings is 2. The minimum absolute atomic E-state index is 0.128. The molecule has 136 valence electrons. The number of amides is 1. The molecule has 0 atom stereocenters. The maximum Gasteiger partial charge on any atom is 0.236 e. The lowest BCUT2D eigenvalue weighted by molar-refractivity contribution is -0.113. The van der Waals surface area contributed by atoms with Crippen molar-refractivity contribution in [1.29, 1.82) is 0 Å². The number of H-pyrrole nitrogens is 1. The Labute approximate surface area is 162 Å². The molecule has 0 fully saturated rings. The molecule has 2 N–H and O–H groups in total. The van der Waals surface area contributed by atoms with E-state index in [1.54, 1.807) is 18.2 Å². The van der Waals surface area contributed by atoms with Crippen molar-refractivity contribution < 1.29 is 9.18 Å². The van der Waals surface area contributed by atoms with Crippen LogP contribution in [0.1, 0.15) is 5.56 Å². The lowest BCUT2D eigenvalue weighted by atomic mass is 10.2. The standard InChI is InChI=1S/C18H14FN5OS2/c1-10-6-7-13-14(8-10)27-17(20-13)21-15(25)9-26-18-22-16(23-24-18)11-4-2-3-5-12(11)19/h2-8H,9H2,1H3,(H,20,21,25)(H,22,23,24). The lowest BCUT2D eigenvalue weighted by Gasteiger charge is -1.99. The van der Waals surface area contributed by atoms with Crippen molar-refractivity contribution in [2.75, 3.05) is 11.1 Å². The molecule has 0 saturated carbocycles. The molecule has 1 amide bonds. The Hall–Kier alpha value is -2.78. The topological polar surface area (TPSA) is 83.6 Å². The van der Waals surface area contributed by atoms with Gasteiger partial charge in [-0.05, 0) is 36.8 Å². The molecular formula is C18H14FN5OS2. The molecule has 0 unspecified atom stereocenters. The predicted molar refractivity (Wildman–Crippen MR) is 105 cm³/mol. The summed E-state index contributed by atoms with van der Waals surface area (Å²) in [5, 5.41) is 10.4. The molecule has 0 aliphatic rings. The Morgan fingerprint density at radius 1 is 1.26 bits per heavy atom. The highest BCUT2D eigenvalue weighted by molar-refractivity contribution is 7.99. The molecule has 0 aliphatic carbocycles. The highest BCUT2D eigenvalue weighted by Crippen LogP contribution is 2.27. The molecule has 0 aliphatic heterocycles. The summed E-state index contributed by atoms with van der Waals surface area (Å²) < 4.78 is 14.8. The van der Waals surface area contributed by atoms with Crippen LogP contribution in [0, 0.1) is 12.7 Å². The molecule has 4 rings (SSSR count). The van der Waals surface area contributed by atoms with E-state index >= 15 is 0 Å². The summed E-state index contributed by atoms with van der Waals surface area (Å²) >= 11 is 2.60. The SMILES string of the molecule is Cc1ccc2nc(NC(=O)CSc3n[nH]c(-c4ccccc4F)n3)sc2c1. The number of carbonyl (C=O) groups is 1. The van der Waals surface area contributed by atoms with Crippen LogP contribution in [0.4, 0.5) is 9.52 Å². The summed E-state index contributed by atoms with van der Waals surface area (Å²) in [6.07, 6.45) is 0. The number of aromatic amines is 1. The zero-order chi connectivity index (χ0) is 18.8. The smallest absolute Gasteiger partial charge is 0.236 e. The van der Waals surface area contributed by atoms with E-state index in [2.05, 4.69) is 25.5 Å². The van der Waals surface area contributed by atoms with E-state index < -0.39 is 0 Å². The monoisotopic (exact) mass is 399 g/mol. The van der Waals surface area contributed by atoms with Crippen molar-refractivity contribution in [3.8, 4) is 11.4 Å². The molecule has 4 aromatic rings. The van der Waals surface area contributed by atoms with Crippen LogP contribution in [0.25, 0.3) is 21.6 Å². The molecule has 0 radical (unpaired) electrons. The Kier molecular flexibility index (Phi) is 4.87. The van der Waals surface area contributed by atoms with Gasteiger partial charge in [0, 0.05) is 0 Å². The van der Waals surface area contributed by atoms with Crippen LogP contribution >= 0.6 is 23.1 Å². The van der Waals surface area contributed by atoms with Crippen molar-refractivity contribution in [2.24, 2.45) is 0 Å². The number of aromatic nitrogens is 4. The van der Waals surface area contributed by atoms with Gasteiger partial charge in [-0.2, -0.15) is 0 Å². The van der Waals surface area contributed by atoms with Gasteiger partial charge in [0.05, 0.1) is 21.5 Å². The van der Waals surface area contributed by atoms with E-state index in [1.165, 1.54) is 29.2 Å². The first-order valence-corrected chi connectivity index (χ1v) is 9.86. The van der Waals surface area contributed by atoms with Crippen LogP contribution in [0.5, 0.6) is 0 Å². The normalized spacial score (nSPS) is 11.0. The first-order valence-electron chi connectivity index (χ1n) is 8.05. The van der Waals surface area contributed by atoms with E-state index in [1.807, 2.05) is 25.1 Å². The zero-order valence-electron chi connectivity index (χ0n) is 14.2. The third-order valence-corrected chi connectivity index (χ3v) is 5.50. The highest BCUT2D eigenvalue weighted by Gasteiger charge is 2.13. The third-order valence-electron chi connectivity index (χ3n) is 3.72. The minimum Gasteiger partial charge on any atom is -0.301 e. The van der Waals surface area contributed by atoms with Crippen LogP contribution < -0.4 is 5.32 Å². The van der Waals surface area contributed by atoms with E-state index in [9.17, 15) is 9.18 Å². The van der Waals surface area contributed by atoms with E-state index in [0.29, 0.717) is 21.7 Å². The van der Waals surface area contributed by atoms with Gasteiger partial charge in [0.25, 0.3) is 0 Å². The number of rotatable bonds is 5. The van der Waals surface area contributed by atoms with Crippen LogP contribution in [-0.2, 0) is 4.79 Å². The lowest BCUT2D eigenvalue weighted by Crippen LogP contribution is -2.13. The number of nitrogens with zero attached hydrogens (tertiary/aromatic N) is 3. The fourth-order valence-electron chi connectivity index (χ4n) is 2.46. The maximum atomic E-state index is 13.8. The molecule has 27 heavy (non-hydrogen) atoms. The molecule has 2 heterocycles. The molecule has 0 bridgehead atoms. The number of thiazole rings is 1. The molecular weight excluding hydrogens is 385 g/mol. The van der Waals surface area contributed by atoms with E-state index in [0.717, 1.165) is 15.8 Å². The highest BCUT2D eigenvalue weighted by atomic mass is 32.2. The summed E-state index contributed by atoms with van der Waals surface area (Å²) in [5.74, 6) is -0.122. The largest absolute Gasteiger partial charge is 0.301 e. The van der Waals surface area contributed by atoms with Crippen molar-refractivity contribution in [1.82, 2.24) is 20.2 Å². The summed E-state index contributed by atoms with van der Waals surface area (Å²) in [4.78, 5) is 20.8. The number of hydrogen-bond donors (Lipinski definition) is 2. The average Bonchev–Trinajstić information content (AvgIpc) is 3.26. The fourth-order valence-corrected chi connectivity index (χ4v) is 4.03. The number of anilines is 1. The number of halogens is 1. The summed E-state index contributed by atoms with van der Waals surface area (Å²) in [6, 6.07) is 12.3. The number of nitrogens with one attached hydrogen (secondary N) is 2. The molecule has 2 aromatic heterocycles. The van der Waals surface area contributed by atoms with E-state index in [4.69, 9.17) is 0 Å². The average molecular weight is 399 g/mol. The minimum atomic E-state index is -0.381. The van der Waals surface area contributed by atoms with Gasteiger partial charge in [0.2, 0.25) is 11.1 Å². The van der Waals surface area contributed by atoms with Crippen molar-refractivity contribution in [2.45, 2.75) is 12.1 Å². The Morgan fingerprint density at radius 3 is 2.96 bits per heavy atom. The Balaban J connectivity index is 1.38. The zero-order valence-corrected chi connectivity index (χ0v) is 15.8. The Bertz CT molecular complexity index is 1120. The molecule has 0 spiro atoms. The third kappa shape index (κ3) is 3.99. The molecule has 6 nitrogen and oxygen atoms in total. The van der Waals surface area contributed by atoms with Crippen LogP contribution in [0.15, 0.2) is 47.6 Å². The van der Waals surface area contributed by atoms with Gasteiger partial charge in [0.15, 0.2) is 11.0 Å². The number of aryl methyl sites for hydroxylation is 1. The van der Waals surface area contributed by atoms with E-state index in [-0.39, 0.29) is 17.5 Å². The fraction of sp³-hybridized carbons (Fsp3) is 0.111. The van der Waals surface area contributed by atoms with Gasteiger partial charge in [-0.25, -0.2) is 14.4 Å². The number of carbonyl (C=O) groups excluding carboxylic acids is 1. The number of thioether (sulfide) groups is 1. The first-order chi connectivity index (χ1) is 13.1. The van der Waals surface area contributed by atoms with Gasteiger partial charge >= 0.3 is 0 Å². The van der Waals surface area contributed by atoms with Crippen molar-refractivity contribution >= 4 is 44.4 Å². The molecule has 9 heteroatoms. The molecule has 2 aromatic carbocycles. The van der Waals surface area contributed by atoms with Crippen molar-refractivity contribution in [3.63, 3.8) is 0 Å². The van der Waals surface area contributed by atoms with Crippen LogP contribution in [-0.4, -0.2) is 31.8 Å². The maximum absolute atomic E-state index is 13.8. The van der Waals surface area contributed by atoms with Gasteiger partial charge in [0.1, 0.15) is 5.82 Å². The number of fused-ring (bicyclic) bond motifs is 1. The second kappa shape index (κ2) is 7.45. The second-order valence-corrected chi connectivity index (χ2v) is 7.75. The molecule has 0 saturated heterocycles. The summed E-state index contributed by atoms with van der Waals surface area (Å²) in [7, 11) is 0.